The summed E-state index contributed by atoms with van der Waals surface area (Å²) in [5, 5.41) is 7.66. The molecule has 29 heavy (non-hydrogen) atoms. The molecule has 8 heteroatoms. The minimum absolute atomic E-state index is 0.0464. The van der Waals surface area contributed by atoms with Gasteiger partial charge >= 0.3 is 0 Å². The minimum Gasteiger partial charge on any atom is -0.383 e. The monoisotopic (exact) mass is 397 g/mol. The quantitative estimate of drug-likeness (QED) is 0.691. The molecule has 1 aliphatic rings. The van der Waals surface area contributed by atoms with Crippen LogP contribution in [0.5, 0.6) is 0 Å². The number of nitrogens with zero attached hydrogens (tertiary/aromatic N) is 4. The maximum atomic E-state index is 13.1. The third-order valence-corrected chi connectivity index (χ3v) is 5.37. The fourth-order valence-corrected chi connectivity index (χ4v) is 4.07. The lowest BCUT2D eigenvalue weighted by atomic mass is 9.99. The van der Waals surface area contributed by atoms with Crippen LogP contribution in [0.1, 0.15) is 53.1 Å². The lowest BCUT2D eigenvalue weighted by molar-refractivity contribution is -0.0101. The predicted molar refractivity (Wildman–Crippen MR) is 108 cm³/mol. The molecule has 2 atom stereocenters. The van der Waals surface area contributed by atoms with Gasteiger partial charge in [0.15, 0.2) is 5.69 Å². The van der Waals surface area contributed by atoms with Crippen molar-refractivity contribution in [3.63, 3.8) is 0 Å². The molecule has 8 nitrogen and oxygen atoms in total. The van der Waals surface area contributed by atoms with Crippen molar-refractivity contribution < 1.29 is 14.3 Å². The van der Waals surface area contributed by atoms with E-state index in [1.165, 1.54) is 0 Å². The molecule has 4 heterocycles. The summed E-state index contributed by atoms with van der Waals surface area (Å²) in [6.07, 6.45) is 2.56. The largest absolute Gasteiger partial charge is 0.383 e. The molecular formula is C21H27N5O3. The van der Waals surface area contributed by atoms with Gasteiger partial charge in [0.25, 0.3) is 5.91 Å². The van der Waals surface area contributed by atoms with E-state index in [2.05, 4.69) is 15.4 Å². The Bertz CT molecular complexity index is 1040. The fraction of sp³-hybridized carbons (Fsp3) is 0.476. The number of aryl methyl sites for hydroxylation is 1. The highest BCUT2D eigenvalue weighted by Crippen LogP contribution is 2.32. The lowest BCUT2D eigenvalue weighted by Crippen LogP contribution is -2.28. The van der Waals surface area contributed by atoms with Gasteiger partial charge in [0.1, 0.15) is 5.65 Å². The maximum absolute atomic E-state index is 13.1. The number of rotatable bonds is 6. The second kappa shape index (κ2) is 7.96. The zero-order valence-corrected chi connectivity index (χ0v) is 17.3. The smallest absolute Gasteiger partial charge is 0.272 e. The average molecular weight is 397 g/mol. The van der Waals surface area contributed by atoms with Crippen LogP contribution in [-0.2, 0) is 29.0 Å². The molecule has 1 aliphatic heterocycles. The molecule has 0 unspecified atom stereocenters. The van der Waals surface area contributed by atoms with E-state index < -0.39 is 0 Å². The van der Waals surface area contributed by atoms with Gasteiger partial charge in [0.2, 0.25) is 0 Å². The van der Waals surface area contributed by atoms with E-state index in [4.69, 9.17) is 9.47 Å². The zero-order valence-electron chi connectivity index (χ0n) is 17.3. The summed E-state index contributed by atoms with van der Waals surface area (Å²) in [7, 11) is 1.66. The SMILES string of the molecule is COCCn1nc(C(=O)NCc2c(C)nc3ccccn23)c2c1[C@H](C)O[C@H](C)C2. The minimum atomic E-state index is -0.177. The Balaban J connectivity index is 1.60. The van der Waals surface area contributed by atoms with Crippen LogP contribution in [0.25, 0.3) is 5.65 Å². The van der Waals surface area contributed by atoms with Crippen LogP contribution in [-0.4, -0.2) is 44.9 Å². The summed E-state index contributed by atoms with van der Waals surface area (Å²) in [4.78, 5) is 17.6. The van der Waals surface area contributed by atoms with Crippen molar-refractivity contribution in [1.29, 1.82) is 0 Å². The maximum Gasteiger partial charge on any atom is 0.272 e. The zero-order chi connectivity index (χ0) is 20.5. The van der Waals surface area contributed by atoms with Crippen molar-refractivity contribution >= 4 is 11.6 Å². The number of nitrogens with one attached hydrogen (secondary N) is 1. The Morgan fingerprint density at radius 1 is 1.38 bits per heavy atom. The Morgan fingerprint density at radius 3 is 3.00 bits per heavy atom. The Kier molecular flexibility index (Phi) is 5.38. The van der Waals surface area contributed by atoms with Crippen molar-refractivity contribution in [2.75, 3.05) is 13.7 Å². The molecule has 0 fully saturated rings. The van der Waals surface area contributed by atoms with Crippen molar-refractivity contribution in [2.24, 2.45) is 0 Å². The van der Waals surface area contributed by atoms with Crippen LogP contribution in [0, 0.1) is 6.92 Å². The highest BCUT2D eigenvalue weighted by Gasteiger charge is 2.32. The molecule has 0 spiro atoms. The third kappa shape index (κ3) is 3.65. The van der Waals surface area contributed by atoms with Crippen molar-refractivity contribution in [2.45, 2.75) is 52.5 Å². The van der Waals surface area contributed by atoms with Crippen LogP contribution in [0.3, 0.4) is 0 Å². The summed E-state index contributed by atoms with van der Waals surface area (Å²) in [6, 6.07) is 5.86. The van der Waals surface area contributed by atoms with Gasteiger partial charge in [-0.2, -0.15) is 5.10 Å². The molecule has 0 aliphatic carbocycles. The van der Waals surface area contributed by atoms with Gasteiger partial charge in [-0.15, -0.1) is 0 Å². The van der Waals surface area contributed by atoms with E-state index in [-0.39, 0.29) is 18.1 Å². The number of imidazole rings is 1. The number of carbonyl (C=O) groups excluding carboxylic acids is 1. The molecule has 154 valence electrons. The summed E-state index contributed by atoms with van der Waals surface area (Å²) >= 11 is 0. The van der Waals surface area contributed by atoms with Crippen molar-refractivity contribution in [3.05, 3.63) is 52.7 Å². The first kappa shape index (κ1) is 19.6. The van der Waals surface area contributed by atoms with Crippen LogP contribution in [0.4, 0.5) is 0 Å². The fourth-order valence-electron chi connectivity index (χ4n) is 4.07. The van der Waals surface area contributed by atoms with Gasteiger partial charge in [0.05, 0.1) is 49.0 Å². The van der Waals surface area contributed by atoms with Crippen LogP contribution < -0.4 is 5.32 Å². The molecule has 1 N–H and O–H groups in total. The summed E-state index contributed by atoms with van der Waals surface area (Å²) in [5.41, 5.74) is 5.15. The molecule has 3 aromatic heterocycles. The van der Waals surface area contributed by atoms with E-state index in [1.807, 2.05) is 54.2 Å². The highest BCUT2D eigenvalue weighted by molar-refractivity contribution is 5.94. The Hall–Kier alpha value is -2.71. The third-order valence-electron chi connectivity index (χ3n) is 5.37. The van der Waals surface area contributed by atoms with Gasteiger partial charge in [-0.25, -0.2) is 4.98 Å². The van der Waals surface area contributed by atoms with E-state index in [1.54, 1.807) is 7.11 Å². The normalized spacial score (nSPS) is 18.8. The Labute approximate surface area is 169 Å². The number of aromatic nitrogens is 4. The second-order valence-corrected chi connectivity index (χ2v) is 7.48. The highest BCUT2D eigenvalue weighted by atomic mass is 16.5. The van der Waals surface area contributed by atoms with Crippen LogP contribution in [0.15, 0.2) is 24.4 Å². The topological polar surface area (TPSA) is 82.7 Å². The number of hydrogen-bond donors (Lipinski definition) is 1. The number of hydrogen-bond acceptors (Lipinski definition) is 5. The van der Waals surface area contributed by atoms with Gasteiger partial charge in [0, 0.05) is 25.3 Å². The average Bonchev–Trinajstić information content (AvgIpc) is 3.21. The van der Waals surface area contributed by atoms with E-state index in [0.29, 0.717) is 31.8 Å². The number of carbonyl (C=O) groups is 1. The molecule has 3 aromatic rings. The molecule has 1 amide bonds. The van der Waals surface area contributed by atoms with E-state index in [9.17, 15) is 4.79 Å². The van der Waals surface area contributed by atoms with Gasteiger partial charge < -0.3 is 19.2 Å². The number of methoxy groups -OCH3 is 1. The first-order valence-corrected chi connectivity index (χ1v) is 9.94. The van der Waals surface area contributed by atoms with Crippen LogP contribution >= 0.6 is 0 Å². The summed E-state index contributed by atoms with van der Waals surface area (Å²) < 4.78 is 15.0. The number of ether oxygens (including phenoxy) is 2. The number of pyridine rings is 1. The van der Waals surface area contributed by atoms with Crippen LogP contribution in [0.2, 0.25) is 0 Å². The summed E-state index contributed by atoms with van der Waals surface area (Å²) in [5.74, 6) is -0.177. The predicted octanol–water partition coefficient (Wildman–Crippen LogP) is 2.44. The molecule has 0 bridgehead atoms. The van der Waals surface area contributed by atoms with Crippen molar-refractivity contribution in [1.82, 2.24) is 24.5 Å². The molecule has 0 aromatic carbocycles. The van der Waals surface area contributed by atoms with Gasteiger partial charge in [-0.3, -0.25) is 9.48 Å². The molecule has 0 saturated heterocycles. The van der Waals surface area contributed by atoms with Crippen molar-refractivity contribution in [3.8, 4) is 0 Å². The molecule has 0 radical (unpaired) electrons. The van der Waals surface area contributed by atoms with Gasteiger partial charge in [-0.1, -0.05) is 6.07 Å². The standard InChI is InChI=1S/C21H27N5O3/c1-13-11-16-19(24-26(9-10-28-4)20(16)15(3)29-13)21(27)22-12-17-14(2)23-18-7-5-6-8-25(17)18/h5-8,13,15H,9-12H2,1-4H3,(H,22,27)/t13-,15+/m1/s1. The first-order chi connectivity index (χ1) is 14.0. The molecular weight excluding hydrogens is 370 g/mol. The first-order valence-electron chi connectivity index (χ1n) is 9.94. The second-order valence-electron chi connectivity index (χ2n) is 7.48. The lowest BCUT2D eigenvalue weighted by Gasteiger charge is -2.27. The number of fused-ring (bicyclic) bond motifs is 2. The van der Waals surface area contributed by atoms with Gasteiger partial charge in [-0.05, 0) is 32.9 Å². The number of amides is 1. The summed E-state index contributed by atoms with van der Waals surface area (Å²) in [6.45, 7) is 7.48. The molecule has 0 saturated carbocycles. The van der Waals surface area contributed by atoms with E-state index >= 15 is 0 Å². The van der Waals surface area contributed by atoms with E-state index in [0.717, 1.165) is 28.3 Å². The Morgan fingerprint density at radius 2 is 2.21 bits per heavy atom. The molecule has 4 rings (SSSR count).